The van der Waals surface area contributed by atoms with Crippen LogP contribution in [0.25, 0.3) is 0 Å². The van der Waals surface area contributed by atoms with Crippen molar-refractivity contribution in [2.75, 3.05) is 25.4 Å². The summed E-state index contributed by atoms with van der Waals surface area (Å²) in [5.41, 5.74) is 6.12. The normalized spacial score (nSPS) is 22.2. The fourth-order valence-corrected chi connectivity index (χ4v) is 3.09. The Morgan fingerprint density at radius 3 is 2.83 bits per heavy atom. The number of β-amino-alcohol motifs (C(OH)–C–C–N with tert-alkyl or cyclic N) is 1. The first-order valence-corrected chi connectivity index (χ1v) is 7.56. The molecule has 0 aliphatic carbocycles. The van der Waals surface area contributed by atoms with Crippen molar-refractivity contribution in [3.63, 3.8) is 0 Å². The first-order valence-electron chi connectivity index (χ1n) is 6.58. The van der Waals surface area contributed by atoms with Crippen LogP contribution in [0, 0.1) is 0 Å². The molecule has 3 nitrogen and oxygen atoms in total. The van der Waals surface area contributed by atoms with Gasteiger partial charge in [0.05, 0.1) is 6.10 Å². The average molecular weight is 266 g/mol. The van der Waals surface area contributed by atoms with Crippen LogP contribution in [0.2, 0.25) is 0 Å². The molecule has 0 aromatic heterocycles. The zero-order chi connectivity index (χ0) is 12.8. The summed E-state index contributed by atoms with van der Waals surface area (Å²) in [6.45, 7) is 2.84. The highest BCUT2D eigenvalue weighted by Gasteiger charge is 2.20. The van der Waals surface area contributed by atoms with Crippen molar-refractivity contribution in [1.82, 2.24) is 4.90 Å². The van der Waals surface area contributed by atoms with Gasteiger partial charge in [-0.15, -0.1) is 11.8 Å². The fourth-order valence-electron chi connectivity index (χ4n) is 2.17. The molecule has 1 aromatic rings. The number of hydrogen-bond acceptors (Lipinski definition) is 4. The van der Waals surface area contributed by atoms with Gasteiger partial charge in [0.15, 0.2) is 0 Å². The van der Waals surface area contributed by atoms with E-state index in [9.17, 15) is 5.11 Å². The summed E-state index contributed by atoms with van der Waals surface area (Å²) in [5.74, 6) is 0.959. The summed E-state index contributed by atoms with van der Waals surface area (Å²) in [6, 6.07) is 10.6. The van der Waals surface area contributed by atoms with E-state index in [1.165, 1.54) is 4.90 Å². The number of benzene rings is 1. The van der Waals surface area contributed by atoms with Crippen molar-refractivity contribution in [3.05, 3.63) is 30.3 Å². The van der Waals surface area contributed by atoms with Crippen molar-refractivity contribution < 1.29 is 5.11 Å². The van der Waals surface area contributed by atoms with Crippen LogP contribution < -0.4 is 5.73 Å². The lowest BCUT2D eigenvalue weighted by molar-refractivity contribution is 0.175. The predicted molar refractivity (Wildman–Crippen MR) is 76.8 cm³/mol. The number of likely N-dealkylation sites (tertiary alicyclic amines) is 1. The van der Waals surface area contributed by atoms with Crippen molar-refractivity contribution in [1.29, 1.82) is 0 Å². The number of hydrogen-bond donors (Lipinski definition) is 2. The molecule has 4 heteroatoms. The molecule has 100 valence electrons. The van der Waals surface area contributed by atoms with Gasteiger partial charge in [-0.1, -0.05) is 18.2 Å². The molecule has 0 unspecified atom stereocenters. The van der Waals surface area contributed by atoms with E-state index in [0.717, 1.165) is 38.2 Å². The van der Waals surface area contributed by atoms with Crippen LogP contribution in [0.15, 0.2) is 35.2 Å². The van der Waals surface area contributed by atoms with E-state index in [1.807, 2.05) is 17.8 Å². The zero-order valence-corrected chi connectivity index (χ0v) is 11.5. The Bertz CT molecular complexity index is 347. The maximum atomic E-state index is 9.44. The van der Waals surface area contributed by atoms with E-state index in [1.54, 1.807) is 0 Å². The lowest BCUT2D eigenvalue weighted by Crippen LogP contribution is -2.31. The molecule has 1 aromatic carbocycles. The van der Waals surface area contributed by atoms with Crippen LogP contribution in [-0.4, -0.2) is 47.5 Å². The van der Waals surface area contributed by atoms with E-state index in [-0.39, 0.29) is 12.1 Å². The number of aliphatic hydroxyl groups excluding tert-OH is 1. The Kier molecular flexibility index (Phi) is 5.50. The lowest BCUT2D eigenvalue weighted by atomic mass is 10.2. The van der Waals surface area contributed by atoms with Gasteiger partial charge in [0.25, 0.3) is 0 Å². The second-order valence-corrected chi connectivity index (χ2v) is 6.01. The third-order valence-electron chi connectivity index (χ3n) is 3.27. The molecule has 0 spiro atoms. The molecule has 0 bridgehead atoms. The summed E-state index contributed by atoms with van der Waals surface area (Å²) in [5, 5.41) is 9.44. The first kappa shape index (κ1) is 13.9. The smallest absolute Gasteiger partial charge is 0.0679 e. The topological polar surface area (TPSA) is 49.5 Å². The van der Waals surface area contributed by atoms with Crippen molar-refractivity contribution >= 4 is 11.8 Å². The molecule has 2 rings (SSSR count). The molecule has 0 radical (unpaired) electrons. The number of thioether (sulfide) groups is 1. The number of nitrogens with two attached hydrogens (primary N) is 1. The Morgan fingerprint density at radius 2 is 2.17 bits per heavy atom. The molecular weight excluding hydrogens is 244 g/mol. The molecule has 1 aliphatic heterocycles. The standard InChI is InChI=1S/C14H22N2OS/c15-12(6-8-16-9-7-13(17)10-16)11-18-14-4-2-1-3-5-14/h1-5,12-13,17H,6-11,15H2/t12-,13-/m1/s1. The molecule has 18 heavy (non-hydrogen) atoms. The van der Waals surface area contributed by atoms with Gasteiger partial charge in [0.2, 0.25) is 0 Å². The highest BCUT2D eigenvalue weighted by molar-refractivity contribution is 7.99. The van der Waals surface area contributed by atoms with E-state index in [4.69, 9.17) is 5.73 Å². The van der Waals surface area contributed by atoms with Gasteiger partial charge >= 0.3 is 0 Å². The van der Waals surface area contributed by atoms with Gasteiger partial charge in [-0.2, -0.15) is 0 Å². The minimum atomic E-state index is -0.125. The molecule has 3 N–H and O–H groups in total. The van der Waals surface area contributed by atoms with E-state index >= 15 is 0 Å². The second kappa shape index (κ2) is 7.14. The molecule has 0 amide bonds. The summed E-state index contributed by atoms with van der Waals surface area (Å²) in [6.07, 6.45) is 1.79. The monoisotopic (exact) mass is 266 g/mol. The van der Waals surface area contributed by atoms with E-state index in [2.05, 4.69) is 29.2 Å². The molecule has 2 atom stereocenters. The predicted octanol–water partition coefficient (Wildman–Crippen LogP) is 1.56. The Morgan fingerprint density at radius 1 is 1.39 bits per heavy atom. The van der Waals surface area contributed by atoms with Gasteiger partial charge in [0.1, 0.15) is 0 Å². The maximum absolute atomic E-state index is 9.44. The largest absolute Gasteiger partial charge is 0.392 e. The Balaban J connectivity index is 1.62. The van der Waals surface area contributed by atoms with Crippen molar-refractivity contribution in [2.45, 2.75) is 29.9 Å². The maximum Gasteiger partial charge on any atom is 0.0679 e. The van der Waals surface area contributed by atoms with Gasteiger partial charge in [-0.3, -0.25) is 0 Å². The van der Waals surface area contributed by atoms with Gasteiger partial charge < -0.3 is 15.7 Å². The zero-order valence-electron chi connectivity index (χ0n) is 10.7. The SMILES string of the molecule is N[C@H](CCN1CC[C@@H](O)C1)CSc1ccccc1. The summed E-state index contributed by atoms with van der Waals surface area (Å²) in [7, 11) is 0. The molecule has 1 aliphatic rings. The van der Waals surface area contributed by atoms with Crippen molar-refractivity contribution in [2.24, 2.45) is 5.73 Å². The quantitative estimate of drug-likeness (QED) is 0.767. The van der Waals surface area contributed by atoms with Gasteiger partial charge in [-0.05, 0) is 31.5 Å². The molecule has 0 saturated carbocycles. The minimum absolute atomic E-state index is 0.125. The van der Waals surface area contributed by atoms with Crippen LogP contribution in [0.5, 0.6) is 0 Å². The van der Waals surface area contributed by atoms with Crippen LogP contribution >= 0.6 is 11.8 Å². The van der Waals surface area contributed by atoms with Gasteiger partial charge in [-0.25, -0.2) is 0 Å². The molecule has 1 heterocycles. The van der Waals surface area contributed by atoms with E-state index < -0.39 is 0 Å². The Labute approximate surface area is 113 Å². The third kappa shape index (κ3) is 4.61. The van der Waals surface area contributed by atoms with Crippen LogP contribution in [0.4, 0.5) is 0 Å². The van der Waals surface area contributed by atoms with Crippen LogP contribution in [-0.2, 0) is 0 Å². The lowest BCUT2D eigenvalue weighted by Gasteiger charge is -2.18. The summed E-state index contributed by atoms with van der Waals surface area (Å²) in [4.78, 5) is 3.59. The van der Waals surface area contributed by atoms with Gasteiger partial charge in [0, 0.05) is 29.8 Å². The second-order valence-electron chi connectivity index (χ2n) is 4.92. The molecule has 1 fully saturated rings. The summed E-state index contributed by atoms with van der Waals surface area (Å²) < 4.78 is 0. The summed E-state index contributed by atoms with van der Waals surface area (Å²) >= 11 is 1.82. The highest BCUT2D eigenvalue weighted by atomic mass is 32.2. The third-order valence-corrected chi connectivity index (χ3v) is 4.47. The average Bonchev–Trinajstić information content (AvgIpc) is 2.81. The Hall–Kier alpha value is -0.550. The van der Waals surface area contributed by atoms with Crippen LogP contribution in [0.3, 0.4) is 0 Å². The van der Waals surface area contributed by atoms with Crippen LogP contribution in [0.1, 0.15) is 12.8 Å². The molecular formula is C14H22N2OS. The fraction of sp³-hybridized carbons (Fsp3) is 0.571. The van der Waals surface area contributed by atoms with E-state index in [0.29, 0.717) is 0 Å². The number of rotatable bonds is 6. The number of nitrogens with zero attached hydrogens (tertiary/aromatic N) is 1. The first-order chi connectivity index (χ1) is 8.74. The minimum Gasteiger partial charge on any atom is -0.392 e. The number of aliphatic hydroxyl groups is 1. The van der Waals surface area contributed by atoms with Crippen molar-refractivity contribution in [3.8, 4) is 0 Å². The molecule has 1 saturated heterocycles. The highest BCUT2D eigenvalue weighted by Crippen LogP contribution is 2.18.